The number of halogens is 1. The normalized spacial score (nSPS) is 22.7. The van der Waals surface area contributed by atoms with Crippen LogP contribution in [0, 0.1) is 5.82 Å². The molecule has 23 heavy (non-hydrogen) atoms. The number of hydrogen-bond donors (Lipinski definition) is 1. The van der Waals surface area contributed by atoms with E-state index in [1.54, 1.807) is 6.07 Å². The maximum absolute atomic E-state index is 14.5. The highest BCUT2D eigenvalue weighted by molar-refractivity contribution is 5.91. The molecule has 1 N–H and O–H groups in total. The predicted octanol–water partition coefficient (Wildman–Crippen LogP) is 1.84. The quantitative estimate of drug-likeness (QED) is 0.923. The molecule has 1 aromatic rings. The molecule has 0 aliphatic carbocycles. The molecule has 1 unspecified atom stereocenters. The molecule has 5 nitrogen and oxygen atoms in total. The molecule has 1 atom stereocenters. The van der Waals surface area contributed by atoms with Crippen LogP contribution in [-0.4, -0.2) is 43.3 Å². The van der Waals surface area contributed by atoms with E-state index < -0.39 is 0 Å². The zero-order valence-corrected chi connectivity index (χ0v) is 13.5. The first kappa shape index (κ1) is 16.0. The van der Waals surface area contributed by atoms with Crippen molar-refractivity contribution in [1.29, 1.82) is 0 Å². The molecule has 1 saturated heterocycles. The molecular weight excluding hydrogens is 297 g/mol. The van der Waals surface area contributed by atoms with Crippen molar-refractivity contribution < 1.29 is 13.9 Å². The van der Waals surface area contributed by atoms with Gasteiger partial charge >= 0.3 is 0 Å². The average Bonchev–Trinajstić information content (AvgIpc) is 2.50. The van der Waals surface area contributed by atoms with Crippen LogP contribution in [0.25, 0.3) is 0 Å². The highest BCUT2D eigenvalue weighted by Crippen LogP contribution is 2.26. The van der Waals surface area contributed by atoms with Gasteiger partial charge < -0.3 is 15.0 Å². The van der Waals surface area contributed by atoms with E-state index in [0.29, 0.717) is 25.3 Å². The molecule has 6 heteroatoms. The number of benzene rings is 1. The van der Waals surface area contributed by atoms with Gasteiger partial charge in [0, 0.05) is 42.7 Å². The van der Waals surface area contributed by atoms with Crippen LogP contribution in [0.2, 0.25) is 0 Å². The molecular formula is C17H22FN3O2. The van der Waals surface area contributed by atoms with E-state index in [4.69, 9.17) is 4.74 Å². The maximum atomic E-state index is 14.5. The highest BCUT2D eigenvalue weighted by atomic mass is 19.1. The van der Waals surface area contributed by atoms with Crippen LogP contribution in [0.1, 0.15) is 19.4 Å². The Morgan fingerprint density at radius 1 is 1.35 bits per heavy atom. The third-order valence-electron chi connectivity index (χ3n) is 4.27. The highest BCUT2D eigenvalue weighted by Gasteiger charge is 2.23. The summed E-state index contributed by atoms with van der Waals surface area (Å²) in [5.41, 5.74) is 2.24. The van der Waals surface area contributed by atoms with E-state index >= 15 is 0 Å². The Morgan fingerprint density at radius 2 is 2.09 bits per heavy atom. The van der Waals surface area contributed by atoms with Gasteiger partial charge in [-0.05, 0) is 26.0 Å². The Hall–Kier alpha value is -1.92. The fraction of sp³-hybridized carbons (Fsp3) is 0.471. The number of nitrogens with zero attached hydrogens (tertiary/aromatic N) is 2. The summed E-state index contributed by atoms with van der Waals surface area (Å²) in [5.74, 6) is -0.332. The van der Waals surface area contributed by atoms with Crippen LogP contribution in [0.4, 0.5) is 10.1 Å². The maximum Gasteiger partial charge on any atom is 0.247 e. The number of anilines is 1. The minimum Gasteiger partial charge on any atom is -0.379 e. The first-order valence-electron chi connectivity index (χ1n) is 7.91. The van der Waals surface area contributed by atoms with Crippen LogP contribution in [0.5, 0.6) is 0 Å². The van der Waals surface area contributed by atoms with E-state index in [9.17, 15) is 9.18 Å². The van der Waals surface area contributed by atoms with Crippen LogP contribution in [-0.2, 0) is 16.1 Å². The lowest BCUT2D eigenvalue weighted by Gasteiger charge is -2.35. The number of carbonyl (C=O) groups excluding carboxylic acids is 1. The topological polar surface area (TPSA) is 44.8 Å². The third kappa shape index (κ3) is 3.54. The van der Waals surface area contributed by atoms with Gasteiger partial charge in [0.1, 0.15) is 12.0 Å². The zero-order valence-electron chi connectivity index (χ0n) is 13.5. The number of morpholine rings is 1. The fourth-order valence-electron chi connectivity index (χ4n) is 3.12. The van der Waals surface area contributed by atoms with Gasteiger partial charge in [0.05, 0.1) is 13.2 Å². The zero-order chi connectivity index (χ0) is 16.4. The Bertz CT molecular complexity index is 626. The Kier molecular flexibility index (Phi) is 4.63. The van der Waals surface area contributed by atoms with Gasteiger partial charge in [0.2, 0.25) is 5.91 Å². The number of carbonyl (C=O) groups is 1. The van der Waals surface area contributed by atoms with Crippen LogP contribution in [0.15, 0.2) is 30.0 Å². The van der Waals surface area contributed by atoms with E-state index in [-0.39, 0.29) is 17.9 Å². The summed E-state index contributed by atoms with van der Waals surface area (Å²) < 4.78 is 19.8. The Labute approximate surface area is 135 Å². The number of hydrogen-bond acceptors (Lipinski definition) is 4. The number of allylic oxidation sites excluding steroid dienone is 1. The van der Waals surface area contributed by atoms with E-state index in [2.05, 4.69) is 10.2 Å². The summed E-state index contributed by atoms with van der Waals surface area (Å²) >= 11 is 0. The average molecular weight is 319 g/mol. The molecule has 1 fully saturated rings. The summed E-state index contributed by atoms with van der Waals surface area (Å²) in [5, 5.41) is 2.82. The second-order valence-corrected chi connectivity index (χ2v) is 6.00. The summed E-state index contributed by atoms with van der Waals surface area (Å²) in [6.45, 7) is 7.40. The van der Waals surface area contributed by atoms with E-state index in [0.717, 1.165) is 24.5 Å². The summed E-state index contributed by atoms with van der Waals surface area (Å²) in [6.07, 6.45) is 1.33. The minimum atomic E-state index is -0.217. The predicted molar refractivity (Wildman–Crippen MR) is 86.3 cm³/mol. The number of amides is 1. The third-order valence-corrected chi connectivity index (χ3v) is 4.27. The van der Waals surface area contributed by atoms with Gasteiger partial charge in [-0.1, -0.05) is 6.07 Å². The van der Waals surface area contributed by atoms with Crippen LogP contribution >= 0.6 is 0 Å². The summed E-state index contributed by atoms with van der Waals surface area (Å²) in [6, 6.07) is 5.28. The molecule has 2 heterocycles. The first-order chi connectivity index (χ1) is 11.0. The lowest BCUT2D eigenvalue weighted by molar-refractivity contribution is -0.117. The monoisotopic (exact) mass is 319 g/mol. The SMILES string of the molecule is CC1=CC(=O)NC(C)N1c1ccc(CN2CCOCC2)c(F)c1. The van der Waals surface area contributed by atoms with Crippen LogP contribution in [0.3, 0.4) is 0 Å². The standard InChI is InChI=1S/C17H22FN3O2/c1-12-9-17(22)19-13(2)21(12)15-4-3-14(16(18)10-15)11-20-5-7-23-8-6-20/h3-4,9-10,13H,5-8,11H2,1-2H3,(H,19,22). The summed E-state index contributed by atoms with van der Waals surface area (Å²) in [7, 11) is 0. The molecule has 0 radical (unpaired) electrons. The molecule has 1 aromatic carbocycles. The minimum absolute atomic E-state index is 0.115. The number of rotatable bonds is 3. The lowest BCUT2D eigenvalue weighted by Crippen LogP contribution is -2.49. The largest absolute Gasteiger partial charge is 0.379 e. The van der Waals surface area contributed by atoms with E-state index in [1.807, 2.05) is 30.9 Å². The Balaban J connectivity index is 1.78. The van der Waals surface area contributed by atoms with Crippen molar-refractivity contribution in [2.24, 2.45) is 0 Å². The molecule has 0 aromatic heterocycles. The molecule has 3 rings (SSSR count). The van der Waals surface area contributed by atoms with Crippen molar-refractivity contribution in [2.75, 3.05) is 31.2 Å². The number of nitrogens with one attached hydrogen (secondary N) is 1. The van der Waals surface area contributed by atoms with Crippen molar-refractivity contribution >= 4 is 11.6 Å². The first-order valence-corrected chi connectivity index (χ1v) is 7.91. The Morgan fingerprint density at radius 3 is 2.74 bits per heavy atom. The second-order valence-electron chi connectivity index (χ2n) is 6.00. The van der Waals surface area contributed by atoms with Gasteiger partial charge in [-0.2, -0.15) is 0 Å². The molecule has 0 saturated carbocycles. The van der Waals surface area contributed by atoms with Crippen molar-refractivity contribution in [3.05, 3.63) is 41.4 Å². The van der Waals surface area contributed by atoms with Gasteiger partial charge in [0.15, 0.2) is 0 Å². The van der Waals surface area contributed by atoms with Gasteiger partial charge in [-0.3, -0.25) is 9.69 Å². The molecule has 0 spiro atoms. The molecule has 2 aliphatic rings. The lowest BCUT2D eigenvalue weighted by atomic mass is 10.1. The van der Waals surface area contributed by atoms with Crippen LogP contribution < -0.4 is 10.2 Å². The smallest absolute Gasteiger partial charge is 0.247 e. The van der Waals surface area contributed by atoms with Crippen molar-refractivity contribution in [1.82, 2.24) is 10.2 Å². The molecule has 1 amide bonds. The van der Waals surface area contributed by atoms with Crippen molar-refractivity contribution in [2.45, 2.75) is 26.6 Å². The molecule has 2 aliphatic heterocycles. The second kappa shape index (κ2) is 6.68. The van der Waals surface area contributed by atoms with E-state index in [1.165, 1.54) is 6.08 Å². The fourth-order valence-corrected chi connectivity index (χ4v) is 3.12. The van der Waals surface area contributed by atoms with Crippen molar-refractivity contribution in [3.8, 4) is 0 Å². The van der Waals surface area contributed by atoms with Gasteiger partial charge in [0.25, 0.3) is 0 Å². The van der Waals surface area contributed by atoms with Gasteiger partial charge in [-0.15, -0.1) is 0 Å². The van der Waals surface area contributed by atoms with Crippen molar-refractivity contribution in [3.63, 3.8) is 0 Å². The van der Waals surface area contributed by atoms with Gasteiger partial charge in [-0.25, -0.2) is 4.39 Å². The number of ether oxygens (including phenoxy) is 1. The molecule has 0 bridgehead atoms. The molecule has 124 valence electrons. The summed E-state index contributed by atoms with van der Waals surface area (Å²) in [4.78, 5) is 15.6.